The third kappa shape index (κ3) is 2.99. The van der Waals surface area contributed by atoms with Crippen molar-refractivity contribution in [2.24, 2.45) is 0 Å². The molecule has 7 heteroatoms. The quantitative estimate of drug-likeness (QED) is 0.697. The molecule has 2 aromatic heterocycles. The van der Waals surface area contributed by atoms with Gasteiger partial charge in [-0.1, -0.05) is 23.7 Å². The fourth-order valence-electron chi connectivity index (χ4n) is 2.12. The van der Waals surface area contributed by atoms with Crippen LogP contribution in [0.25, 0.3) is 21.5 Å². The number of anilines is 2. The lowest BCUT2D eigenvalue weighted by molar-refractivity contribution is 0.210. The third-order valence-electron chi connectivity index (χ3n) is 3.17. The van der Waals surface area contributed by atoms with Crippen LogP contribution in [-0.4, -0.2) is 30.2 Å². The molecule has 3 aromatic rings. The van der Waals surface area contributed by atoms with Gasteiger partial charge in [-0.3, -0.25) is 0 Å². The van der Waals surface area contributed by atoms with E-state index in [-0.39, 0.29) is 0 Å². The number of hydrogen-bond donors (Lipinski definition) is 2. The van der Waals surface area contributed by atoms with Crippen molar-refractivity contribution >= 4 is 44.8 Å². The number of nitrogens with two attached hydrogens (primary N) is 1. The van der Waals surface area contributed by atoms with Crippen LogP contribution in [0.15, 0.2) is 29.6 Å². The van der Waals surface area contributed by atoms with Crippen molar-refractivity contribution in [3.05, 3.63) is 34.7 Å². The molecular weight excluding hydrogens is 320 g/mol. The number of aromatic nitrogens is 2. The SMILES string of the molecule is COCCNc1nc(-c2ccc(Cl)cc2)c2c(N)csc2n1. The molecule has 3 rings (SSSR count). The maximum absolute atomic E-state index is 6.08. The number of thiophene rings is 1. The van der Waals surface area contributed by atoms with Crippen LogP contribution >= 0.6 is 22.9 Å². The minimum atomic E-state index is 0.566. The summed E-state index contributed by atoms with van der Waals surface area (Å²) < 4.78 is 5.03. The van der Waals surface area contributed by atoms with Crippen molar-refractivity contribution in [1.82, 2.24) is 9.97 Å². The number of nitrogens with zero attached hydrogens (tertiary/aromatic N) is 2. The zero-order valence-electron chi connectivity index (χ0n) is 12.0. The number of rotatable bonds is 5. The second-order valence-corrected chi connectivity index (χ2v) is 5.99. The molecule has 2 heterocycles. The summed E-state index contributed by atoms with van der Waals surface area (Å²) in [6.07, 6.45) is 0. The molecule has 0 aliphatic heterocycles. The highest BCUT2D eigenvalue weighted by Crippen LogP contribution is 2.35. The topological polar surface area (TPSA) is 73.1 Å². The molecule has 0 aliphatic rings. The van der Waals surface area contributed by atoms with Gasteiger partial charge in [0.2, 0.25) is 5.95 Å². The maximum atomic E-state index is 6.08. The van der Waals surface area contributed by atoms with E-state index < -0.39 is 0 Å². The van der Waals surface area contributed by atoms with E-state index in [0.717, 1.165) is 21.5 Å². The Labute approximate surface area is 137 Å². The Hall–Kier alpha value is -1.89. The largest absolute Gasteiger partial charge is 0.397 e. The van der Waals surface area contributed by atoms with E-state index in [0.29, 0.717) is 29.8 Å². The van der Waals surface area contributed by atoms with Gasteiger partial charge in [-0.15, -0.1) is 11.3 Å². The highest BCUT2D eigenvalue weighted by Gasteiger charge is 2.14. The van der Waals surface area contributed by atoms with Gasteiger partial charge in [0.1, 0.15) is 4.83 Å². The Bertz CT molecular complexity index is 788. The Kier molecular flexibility index (Phi) is 4.42. The summed E-state index contributed by atoms with van der Waals surface area (Å²) in [5, 5.41) is 6.61. The van der Waals surface area contributed by atoms with Gasteiger partial charge in [0.15, 0.2) is 0 Å². The number of nitrogens with one attached hydrogen (secondary N) is 1. The van der Waals surface area contributed by atoms with Gasteiger partial charge in [-0.25, -0.2) is 9.97 Å². The van der Waals surface area contributed by atoms with E-state index in [1.165, 1.54) is 11.3 Å². The molecule has 0 bridgehead atoms. The lowest BCUT2D eigenvalue weighted by atomic mass is 10.1. The number of halogens is 1. The minimum absolute atomic E-state index is 0.566. The molecule has 0 aliphatic carbocycles. The summed E-state index contributed by atoms with van der Waals surface area (Å²) in [7, 11) is 1.66. The molecule has 1 aromatic carbocycles. The molecular formula is C15H15ClN4OS. The number of ether oxygens (including phenoxy) is 1. The van der Waals surface area contributed by atoms with Gasteiger partial charge in [0.25, 0.3) is 0 Å². The Morgan fingerprint density at radius 2 is 2.05 bits per heavy atom. The van der Waals surface area contributed by atoms with Gasteiger partial charge in [-0.05, 0) is 12.1 Å². The molecule has 0 saturated heterocycles. The number of nitrogen functional groups attached to an aromatic ring is 1. The van der Waals surface area contributed by atoms with Crippen molar-refractivity contribution in [3.63, 3.8) is 0 Å². The summed E-state index contributed by atoms with van der Waals surface area (Å²) in [4.78, 5) is 9.98. The molecule has 0 spiro atoms. The molecule has 22 heavy (non-hydrogen) atoms. The van der Waals surface area contributed by atoms with Gasteiger partial charge >= 0.3 is 0 Å². The molecule has 0 fully saturated rings. The fourth-order valence-corrected chi connectivity index (χ4v) is 3.08. The summed E-state index contributed by atoms with van der Waals surface area (Å²) >= 11 is 7.47. The monoisotopic (exact) mass is 334 g/mol. The molecule has 5 nitrogen and oxygen atoms in total. The number of methoxy groups -OCH3 is 1. The first-order valence-electron chi connectivity index (χ1n) is 6.72. The molecule has 114 valence electrons. The van der Waals surface area contributed by atoms with Gasteiger partial charge in [0.05, 0.1) is 23.4 Å². The van der Waals surface area contributed by atoms with E-state index in [4.69, 9.17) is 22.1 Å². The predicted molar refractivity (Wildman–Crippen MR) is 92.6 cm³/mol. The van der Waals surface area contributed by atoms with Crippen LogP contribution in [0.3, 0.4) is 0 Å². The van der Waals surface area contributed by atoms with Gasteiger partial charge < -0.3 is 15.8 Å². The summed E-state index contributed by atoms with van der Waals surface area (Å²) in [5.74, 6) is 0.566. The molecule has 3 N–H and O–H groups in total. The van der Waals surface area contributed by atoms with Crippen LogP contribution in [0.4, 0.5) is 11.6 Å². The Morgan fingerprint density at radius 1 is 1.27 bits per heavy atom. The van der Waals surface area contributed by atoms with Crippen molar-refractivity contribution in [1.29, 1.82) is 0 Å². The van der Waals surface area contributed by atoms with Crippen LogP contribution in [0.5, 0.6) is 0 Å². The molecule has 0 radical (unpaired) electrons. The zero-order chi connectivity index (χ0) is 15.5. The molecule has 0 saturated carbocycles. The normalized spacial score (nSPS) is 11.0. The first kappa shape index (κ1) is 15.0. The Balaban J connectivity index is 2.08. The van der Waals surface area contributed by atoms with E-state index in [9.17, 15) is 0 Å². The highest BCUT2D eigenvalue weighted by atomic mass is 35.5. The lowest BCUT2D eigenvalue weighted by Crippen LogP contribution is -2.10. The molecule has 0 atom stereocenters. The first-order valence-corrected chi connectivity index (χ1v) is 7.98. The van der Waals surface area contributed by atoms with Crippen molar-refractivity contribution in [3.8, 4) is 11.3 Å². The van der Waals surface area contributed by atoms with Crippen LogP contribution in [0.1, 0.15) is 0 Å². The lowest BCUT2D eigenvalue weighted by Gasteiger charge is -2.09. The summed E-state index contributed by atoms with van der Waals surface area (Å²) in [6, 6.07) is 7.54. The van der Waals surface area contributed by atoms with Gasteiger partial charge in [-0.2, -0.15) is 0 Å². The van der Waals surface area contributed by atoms with Crippen LogP contribution in [-0.2, 0) is 4.74 Å². The number of hydrogen-bond acceptors (Lipinski definition) is 6. The van der Waals surface area contributed by atoms with Crippen molar-refractivity contribution in [2.75, 3.05) is 31.3 Å². The second kappa shape index (κ2) is 6.48. The van der Waals surface area contributed by atoms with Crippen LogP contribution < -0.4 is 11.1 Å². The maximum Gasteiger partial charge on any atom is 0.224 e. The van der Waals surface area contributed by atoms with Crippen LogP contribution in [0, 0.1) is 0 Å². The first-order chi connectivity index (χ1) is 10.7. The predicted octanol–water partition coefficient (Wildman–Crippen LogP) is 3.65. The highest BCUT2D eigenvalue weighted by molar-refractivity contribution is 7.17. The summed E-state index contributed by atoms with van der Waals surface area (Å²) in [5.41, 5.74) is 8.53. The Morgan fingerprint density at radius 3 is 2.77 bits per heavy atom. The number of fused-ring (bicyclic) bond motifs is 1. The standard InChI is InChI=1S/C15H15ClN4OS/c1-21-7-6-18-15-19-13(9-2-4-10(16)5-3-9)12-11(17)8-22-14(12)20-15/h2-5,8H,6-7,17H2,1H3,(H,18,19,20). The smallest absolute Gasteiger partial charge is 0.224 e. The average Bonchev–Trinajstić information content (AvgIpc) is 2.89. The molecule has 0 unspecified atom stereocenters. The average molecular weight is 335 g/mol. The van der Waals surface area contributed by atoms with Crippen LogP contribution in [0.2, 0.25) is 5.02 Å². The zero-order valence-corrected chi connectivity index (χ0v) is 13.5. The van der Waals surface area contributed by atoms with E-state index in [2.05, 4.69) is 15.3 Å². The van der Waals surface area contributed by atoms with Crippen molar-refractivity contribution < 1.29 is 4.74 Å². The molecule has 0 amide bonds. The third-order valence-corrected chi connectivity index (χ3v) is 4.31. The van der Waals surface area contributed by atoms with E-state index in [1.54, 1.807) is 7.11 Å². The van der Waals surface area contributed by atoms with E-state index in [1.807, 2.05) is 29.6 Å². The van der Waals surface area contributed by atoms with E-state index >= 15 is 0 Å². The minimum Gasteiger partial charge on any atom is -0.397 e. The van der Waals surface area contributed by atoms with Crippen molar-refractivity contribution in [2.45, 2.75) is 0 Å². The second-order valence-electron chi connectivity index (χ2n) is 4.69. The number of benzene rings is 1. The summed E-state index contributed by atoms with van der Waals surface area (Å²) in [6.45, 7) is 1.23. The van der Waals surface area contributed by atoms with Gasteiger partial charge in [0, 0.05) is 29.6 Å². The fraction of sp³-hybridized carbons (Fsp3) is 0.200.